The molecule has 2 atom stereocenters. The summed E-state index contributed by atoms with van der Waals surface area (Å²) >= 11 is 0. The highest BCUT2D eigenvalue weighted by Gasteiger charge is 2.30. The summed E-state index contributed by atoms with van der Waals surface area (Å²) in [5.41, 5.74) is 0. The molecule has 0 heterocycles. The van der Waals surface area contributed by atoms with Crippen LogP contribution < -0.4 is 0 Å². The minimum Gasteiger partial charge on any atom is -0.411 e. The van der Waals surface area contributed by atoms with E-state index < -0.39 is 8.32 Å². The van der Waals surface area contributed by atoms with Crippen LogP contribution in [0.25, 0.3) is 0 Å². The summed E-state index contributed by atoms with van der Waals surface area (Å²) in [6.45, 7) is 8.15. The Morgan fingerprint density at radius 3 is 2.57 bits per heavy atom. The third-order valence-corrected chi connectivity index (χ3v) is 3.36. The Bertz CT molecular complexity index is 240. The molecule has 0 bridgehead atoms. The van der Waals surface area contributed by atoms with Crippen molar-refractivity contribution in [2.24, 2.45) is 5.92 Å². The van der Waals surface area contributed by atoms with Gasteiger partial charge in [-0.05, 0) is 39.4 Å². The fraction of sp³-hybridized carbons (Fsp3) is 0.727. The number of hydrogen-bond acceptors (Lipinski definition) is 2. The van der Waals surface area contributed by atoms with Gasteiger partial charge in [-0.1, -0.05) is 12.2 Å². The molecule has 1 aliphatic carbocycles. The average Bonchev–Trinajstić information content (AvgIpc) is 2.01. The Balaban J connectivity index is 2.68. The number of allylic oxidation sites excluding steroid dienone is 1. The Kier molecular flexibility index (Phi) is 3.67. The van der Waals surface area contributed by atoms with Crippen LogP contribution in [0.1, 0.15) is 19.8 Å². The Labute approximate surface area is 87.5 Å². The van der Waals surface area contributed by atoms with Crippen molar-refractivity contribution in [3.8, 4) is 0 Å². The molecule has 0 saturated carbocycles. The van der Waals surface area contributed by atoms with Gasteiger partial charge in [0.15, 0.2) is 8.32 Å². The van der Waals surface area contributed by atoms with Crippen LogP contribution in [0.5, 0.6) is 0 Å². The molecule has 2 unspecified atom stereocenters. The largest absolute Gasteiger partial charge is 0.411 e. The van der Waals surface area contributed by atoms with Gasteiger partial charge in [0.25, 0.3) is 0 Å². The molecule has 0 radical (unpaired) electrons. The van der Waals surface area contributed by atoms with Crippen LogP contribution in [0.4, 0.5) is 0 Å². The van der Waals surface area contributed by atoms with E-state index in [-0.39, 0.29) is 17.8 Å². The summed E-state index contributed by atoms with van der Waals surface area (Å²) in [6.07, 6.45) is 6.18. The van der Waals surface area contributed by atoms with Gasteiger partial charge in [-0.25, -0.2) is 0 Å². The second-order valence-corrected chi connectivity index (χ2v) is 9.38. The van der Waals surface area contributed by atoms with Gasteiger partial charge in [0.05, 0.1) is 6.10 Å². The SMILES string of the molecule is CC(=O)C1CCC=CC1O[Si](C)(C)C. The average molecular weight is 212 g/mol. The van der Waals surface area contributed by atoms with E-state index in [1.54, 1.807) is 6.92 Å². The first-order valence-corrected chi connectivity index (χ1v) is 8.66. The molecule has 1 rings (SSSR count). The van der Waals surface area contributed by atoms with E-state index in [2.05, 4.69) is 31.8 Å². The molecule has 0 aromatic carbocycles. The van der Waals surface area contributed by atoms with Gasteiger partial charge in [-0.15, -0.1) is 0 Å². The standard InChI is InChI=1S/C11H20O2Si/c1-9(12)10-7-5-6-8-11(10)13-14(2,3)4/h6,8,10-11H,5,7H2,1-4H3. The molecule has 1 aliphatic rings. The molecule has 0 amide bonds. The van der Waals surface area contributed by atoms with E-state index in [0.29, 0.717) is 0 Å². The predicted molar refractivity (Wildman–Crippen MR) is 60.8 cm³/mol. The van der Waals surface area contributed by atoms with Crippen molar-refractivity contribution < 1.29 is 9.22 Å². The highest BCUT2D eigenvalue weighted by molar-refractivity contribution is 6.69. The van der Waals surface area contributed by atoms with Crippen LogP contribution in [0.15, 0.2) is 12.2 Å². The maximum atomic E-state index is 11.4. The molecule has 0 N–H and O–H groups in total. The van der Waals surface area contributed by atoms with Gasteiger partial charge in [-0.3, -0.25) is 4.79 Å². The lowest BCUT2D eigenvalue weighted by Gasteiger charge is -2.31. The summed E-state index contributed by atoms with van der Waals surface area (Å²) < 4.78 is 5.98. The van der Waals surface area contributed by atoms with E-state index in [9.17, 15) is 4.79 Å². The second-order valence-electron chi connectivity index (χ2n) is 4.92. The van der Waals surface area contributed by atoms with E-state index in [1.807, 2.05) is 0 Å². The normalized spacial score (nSPS) is 27.7. The van der Waals surface area contributed by atoms with Gasteiger partial charge in [-0.2, -0.15) is 0 Å². The predicted octanol–water partition coefficient (Wildman–Crippen LogP) is 2.76. The van der Waals surface area contributed by atoms with E-state index >= 15 is 0 Å². The van der Waals surface area contributed by atoms with E-state index in [0.717, 1.165) is 12.8 Å². The summed E-state index contributed by atoms with van der Waals surface area (Å²) in [5, 5.41) is 0. The summed E-state index contributed by atoms with van der Waals surface area (Å²) in [4.78, 5) is 11.4. The second kappa shape index (κ2) is 4.40. The number of rotatable bonds is 3. The zero-order chi connectivity index (χ0) is 10.8. The Morgan fingerprint density at radius 2 is 2.07 bits per heavy atom. The highest BCUT2D eigenvalue weighted by atomic mass is 28.4. The lowest BCUT2D eigenvalue weighted by atomic mass is 9.89. The van der Waals surface area contributed by atoms with Crippen LogP contribution in [0, 0.1) is 5.92 Å². The Hall–Kier alpha value is -0.413. The molecule has 0 fully saturated rings. The number of Topliss-reactive ketones (excluding diaryl/α,β-unsaturated/α-hetero) is 1. The summed E-state index contributed by atoms with van der Waals surface area (Å²) in [7, 11) is -1.54. The minimum atomic E-state index is -1.54. The van der Waals surface area contributed by atoms with Gasteiger partial charge < -0.3 is 4.43 Å². The van der Waals surface area contributed by atoms with Crippen molar-refractivity contribution in [2.75, 3.05) is 0 Å². The number of carbonyl (C=O) groups excluding carboxylic acids is 1. The first-order chi connectivity index (χ1) is 6.40. The maximum Gasteiger partial charge on any atom is 0.184 e. The van der Waals surface area contributed by atoms with Gasteiger partial charge in [0.2, 0.25) is 0 Å². The van der Waals surface area contributed by atoms with Crippen molar-refractivity contribution in [3.63, 3.8) is 0 Å². The van der Waals surface area contributed by atoms with Crippen LogP contribution in [-0.2, 0) is 9.22 Å². The topological polar surface area (TPSA) is 26.3 Å². The molecule has 2 nitrogen and oxygen atoms in total. The zero-order valence-electron chi connectivity index (χ0n) is 9.54. The van der Waals surface area contributed by atoms with Crippen LogP contribution in [0.2, 0.25) is 19.6 Å². The highest BCUT2D eigenvalue weighted by Crippen LogP contribution is 2.25. The van der Waals surface area contributed by atoms with Crippen molar-refractivity contribution in [1.82, 2.24) is 0 Å². The van der Waals surface area contributed by atoms with Crippen molar-refractivity contribution in [1.29, 1.82) is 0 Å². The summed E-state index contributed by atoms with van der Waals surface area (Å²) in [5.74, 6) is 0.351. The maximum absolute atomic E-state index is 11.4. The molecule has 3 heteroatoms. The smallest absolute Gasteiger partial charge is 0.184 e. The van der Waals surface area contributed by atoms with Gasteiger partial charge in [0.1, 0.15) is 5.78 Å². The zero-order valence-corrected chi connectivity index (χ0v) is 10.5. The molecule has 14 heavy (non-hydrogen) atoms. The minimum absolute atomic E-state index is 0.0351. The van der Waals surface area contributed by atoms with E-state index in [4.69, 9.17) is 4.43 Å². The lowest BCUT2D eigenvalue weighted by molar-refractivity contribution is -0.123. The summed E-state index contributed by atoms with van der Waals surface area (Å²) in [6, 6.07) is 0. The number of carbonyl (C=O) groups is 1. The first kappa shape index (κ1) is 11.7. The van der Waals surface area contributed by atoms with Crippen molar-refractivity contribution in [3.05, 3.63) is 12.2 Å². The van der Waals surface area contributed by atoms with Crippen LogP contribution >= 0.6 is 0 Å². The third-order valence-electron chi connectivity index (χ3n) is 2.38. The molecule has 0 aliphatic heterocycles. The molecular formula is C11H20O2Si. The molecule has 0 saturated heterocycles. The van der Waals surface area contributed by atoms with Crippen molar-refractivity contribution in [2.45, 2.75) is 45.5 Å². The molecule has 0 aromatic rings. The fourth-order valence-electron chi connectivity index (χ4n) is 1.77. The molecule has 0 aromatic heterocycles. The first-order valence-electron chi connectivity index (χ1n) is 5.25. The lowest BCUT2D eigenvalue weighted by Crippen LogP contribution is -2.38. The van der Waals surface area contributed by atoms with Gasteiger partial charge in [0, 0.05) is 5.92 Å². The fourth-order valence-corrected chi connectivity index (χ4v) is 2.83. The molecular weight excluding hydrogens is 192 g/mol. The monoisotopic (exact) mass is 212 g/mol. The van der Waals surface area contributed by atoms with Crippen LogP contribution in [0.3, 0.4) is 0 Å². The quantitative estimate of drug-likeness (QED) is 0.531. The van der Waals surface area contributed by atoms with E-state index in [1.165, 1.54) is 0 Å². The Morgan fingerprint density at radius 1 is 1.43 bits per heavy atom. The third kappa shape index (κ3) is 3.39. The molecule has 80 valence electrons. The van der Waals surface area contributed by atoms with Gasteiger partial charge >= 0.3 is 0 Å². The number of ketones is 1. The van der Waals surface area contributed by atoms with Crippen LogP contribution in [-0.4, -0.2) is 20.2 Å². The number of hydrogen-bond donors (Lipinski definition) is 0. The van der Waals surface area contributed by atoms with Crippen molar-refractivity contribution >= 4 is 14.1 Å². The molecule has 0 spiro atoms.